The average Bonchev–Trinajstić information content (AvgIpc) is 3.49. The molecule has 2 amide bonds. The first-order valence-electron chi connectivity index (χ1n) is 8.44. The molecule has 2 N–H and O–H groups in total. The van der Waals surface area contributed by atoms with Crippen molar-refractivity contribution in [2.75, 3.05) is 19.5 Å². The van der Waals surface area contributed by atoms with E-state index in [2.05, 4.69) is 10.6 Å². The summed E-state index contributed by atoms with van der Waals surface area (Å²) in [5.41, 5.74) is 0.585. The Labute approximate surface area is 152 Å². The third-order valence-corrected chi connectivity index (χ3v) is 4.56. The van der Waals surface area contributed by atoms with E-state index in [9.17, 15) is 9.59 Å². The minimum absolute atomic E-state index is 0.242. The first-order valence-corrected chi connectivity index (χ1v) is 8.44. The SMILES string of the molecule is COc1ccc(CNC(=O)C2(C(=O)Nc3cccc(OC)c3)CC2)cc1. The molecule has 26 heavy (non-hydrogen) atoms. The number of anilines is 1. The van der Waals surface area contributed by atoms with Gasteiger partial charge in [-0.15, -0.1) is 0 Å². The summed E-state index contributed by atoms with van der Waals surface area (Å²) in [7, 11) is 3.17. The van der Waals surface area contributed by atoms with Crippen LogP contribution in [-0.4, -0.2) is 26.0 Å². The third-order valence-electron chi connectivity index (χ3n) is 4.56. The number of rotatable bonds is 7. The molecule has 0 aromatic heterocycles. The maximum absolute atomic E-state index is 12.6. The first kappa shape index (κ1) is 17.8. The summed E-state index contributed by atoms with van der Waals surface area (Å²) >= 11 is 0. The van der Waals surface area contributed by atoms with E-state index in [1.165, 1.54) is 0 Å². The van der Waals surface area contributed by atoms with Gasteiger partial charge in [0.05, 0.1) is 14.2 Å². The number of carbonyl (C=O) groups excluding carboxylic acids is 2. The van der Waals surface area contributed by atoms with E-state index in [0.29, 0.717) is 30.8 Å². The number of carbonyl (C=O) groups is 2. The summed E-state index contributed by atoms with van der Waals surface area (Å²) in [4.78, 5) is 25.2. The molecule has 1 aliphatic rings. The van der Waals surface area contributed by atoms with Crippen molar-refractivity contribution >= 4 is 17.5 Å². The van der Waals surface area contributed by atoms with E-state index in [-0.39, 0.29) is 11.8 Å². The topological polar surface area (TPSA) is 76.7 Å². The van der Waals surface area contributed by atoms with Crippen molar-refractivity contribution in [2.24, 2.45) is 5.41 Å². The third kappa shape index (κ3) is 3.79. The Kier molecular flexibility index (Phi) is 5.11. The van der Waals surface area contributed by atoms with Gasteiger partial charge in [-0.05, 0) is 42.7 Å². The van der Waals surface area contributed by atoms with Crippen LogP contribution >= 0.6 is 0 Å². The predicted octanol–water partition coefficient (Wildman–Crippen LogP) is 2.74. The van der Waals surface area contributed by atoms with Gasteiger partial charge in [0, 0.05) is 18.3 Å². The molecular formula is C20H22N2O4. The highest BCUT2D eigenvalue weighted by Crippen LogP contribution is 2.47. The molecule has 0 aliphatic heterocycles. The molecule has 0 unspecified atom stereocenters. The van der Waals surface area contributed by atoms with Gasteiger partial charge in [-0.1, -0.05) is 18.2 Å². The number of methoxy groups -OCH3 is 2. The van der Waals surface area contributed by atoms with Crippen LogP contribution in [0.1, 0.15) is 18.4 Å². The van der Waals surface area contributed by atoms with Crippen LogP contribution in [0.4, 0.5) is 5.69 Å². The fourth-order valence-electron chi connectivity index (χ4n) is 2.73. The summed E-state index contributed by atoms with van der Waals surface area (Å²) < 4.78 is 10.3. The van der Waals surface area contributed by atoms with E-state index >= 15 is 0 Å². The van der Waals surface area contributed by atoms with E-state index in [4.69, 9.17) is 9.47 Å². The van der Waals surface area contributed by atoms with Crippen LogP contribution < -0.4 is 20.1 Å². The van der Waals surface area contributed by atoms with Crippen LogP contribution in [0.2, 0.25) is 0 Å². The van der Waals surface area contributed by atoms with Crippen LogP contribution in [0.3, 0.4) is 0 Å². The van der Waals surface area contributed by atoms with Crippen molar-refractivity contribution in [1.82, 2.24) is 5.32 Å². The molecule has 3 rings (SSSR count). The van der Waals surface area contributed by atoms with Crippen LogP contribution in [0, 0.1) is 5.41 Å². The number of amides is 2. The molecule has 0 spiro atoms. The maximum Gasteiger partial charge on any atom is 0.240 e. The van der Waals surface area contributed by atoms with Crippen molar-refractivity contribution in [3.8, 4) is 11.5 Å². The van der Waals surface area contributed by atoms with Crippen LogP contribution in [0.15, 0.2) is 48.5 Å². The highest BCUT2D eigenvalue weighted by molar-refractivity contribution is 6.13. The minimum atomic E-state index is -0.977. The number of benzene rings is 2. The van der Waals surface area contributed by atoms with Gasteiger partial charge in [0.25, 0.3) is 0 Å². The summed E-state index contributed by atoms with van der Waals surface area (Å²) in [5, 5.41) is 5.68. The lowest BCUT2D eigenvalue weighted by Gasteiger charge is -2.16. The number of hydrogen-bond acceptors (Lipinski definition) is 4. The Morgan fingerprint density at radius 2 is 1.65 bits per heavy atom. The fourth-order valence-corrected chi connectivity index (χ4v) is 2.73. The second-order valence-electron chi connectivity index (χ2n) is 6.30. The molecule has 0 bridgehead atoms. The summed E-state index contributed by atoms with van der Waals surface area (Å²) in [6, 6.07) is 14.5. The second kappa shape index (κ2) is 7.47. The monoisotopic (exact) mass is 354 g/mol. The zero-order valence-corrected chi connectivity index (χ0v) is 14.9. The zero-order chi connectivity index (χ0) is 18.6. The van der Waals surface area contributed by atoms with Gasteiger partial charge in [0.15, 0.2) is 0 Å². The van der Waals surface area contributed by atoms with E-state index < -0.39 is 5.41 Å². The maximum atomic E-state index is 12.6. The second-order valence-corrected chi connectivity index (χ2v) is 6.30. The Balaban J connectivity index is 1.59. The summed E-state index contributed by atoms with van der Waals surface area (Å²) in [6.45, 7) is 0.372. The van der Waals surface area contributed by atoms with Crippen LogP contribution in [0.25, 0.3) is 0 Å². The van der Waals surface area contributed by atoms with Gasteiger partial charge in [-0.3, -0.25) is 9.59 Å². The van der Waals surface area contributed by atoms with Crippen LogP contribution in [0.5, 0.6) is 11.5 Å². The fraction of sp³-hybridized carbons (Fsp3) is 0.300. The molecule has 1 aliphatic carbocycles. The lowest BCUT2D eigenvalue weighted by Crippen LogP contribution is -2.39. The average molecular weight is 354 g/mol. The Hall–Kier alpha value is -3.02. The first-order chi connectivity index (χ1) is 12.6. The smallest absolute Gasteiger partial charge is 0.240 e. The summed E-state index contributed by atoms with van der Waals surface area (Å²) in [6.07, 6.45) is 1.11. The quantitative estimate of drug-likeness (QED) is 0.750. The minimum Gasteiger partial charge on any atom is -0.497 e. The number of hydrogen-bond donors (Lipinski definition) is 2. The molecule has 6 heteroatoms. The van der Waals surface area contributed by atoms with Crippen molar-refractivity contribution < 1.29 is 19.1 Å². The number of nitrogens with one attached hydrogen (secondary N) is 2. The standard InChI is InChI=1S/C20H22N2O4/c1-25-16-8-6-14(7-9-16)13-21-18(23)20(10-11-20)19(24)22-15-4-3-5-17(12-15)26-2/h3-9,12H,10-11,13H2,1-2H3,(H,21,23)(H,22,24). The molecule has 0 saturated heterocycles. The van der Waals surface area contributed by atoms with Gasteiger partial charge >= 0.3 is 0 Å². The lowest BCUT2D eigenvalue weighted by atomic mass is 10.0. The van der Waals surface area contributed by atoms with Crippen molar-refractivity contribution in [3.63, 3.8) is 0 Å². The van der Waals surface area contributed by atoms with Gasteiger partial charge in [0.2, 0.25) is 11.8 Å². The molecule has 1 saturated carbocycles. The molecule has 136 valence electrons. The number of ether oxygens (including phenoxy) is 2. The highest BCUT2D eigenvalue weighted by Gasteiger charge is 2.56. The normalized spacial score (nSPS) is 14.2. The van der Waals surface area contributed by atoms with Gasteiger partial charge in [-0.25, -0.2) is 0 Å². The Morgan fingerprint density at radius 3 is 2.27 bits per heavy atom. The van der Waals surface area contributed by atoms with Gasteiger partial charge < -0.3 is 20.1 Å². The molecule has 0 heterocycles. The molecular weight excluding hydrogens is 332 g/mol. The van der Waals surface area contributed by atoms with Gasteiger partial charge in [-0.2, -0.15) is 0 Å². The molecule has 0 atom stereocenters. The molecule has 0 radical (unpaired) electrons. The predicted molar refractivity (Wildman–Crippen MR) is 98.1 cm³/mol. The van der Waals surface area contributed by atoms with Gasteiger partial charge in [0.1, 0.15) is 16.9 Å². The Bertz CT molecular complexity index is 798. The van der Waals surface area contributed by atoms with Crippen molar-refractivity contribution in [1.29, 1.82) is 0 Å². The lowest BCUT2D eigenvalue weighted by molar-refractivity contribution is -0.134. The Morgan fingerprint density at radius 1 is 0.962 bits per heavy atom. The highest BCUT2D eigenvalue weighted by atomic mass is 16.5. The van der Waals surface area contributed by atoms with Crippen molar-refractivity contribution in [3.05, 3.63) is 54.1 Å². The largest absolute Gasteiger partial charge is 0.497 e. The molecule has 2 aromatic carbocycles. The zero-order valence-electron chi connectivity index (χ0n) is 14.9. The van der Waals surface area contributed by atoms with E-state index in [0.717, 1.165) is 11.3 Å². The molecule has 6 nitrogen and oxygen atoms in total. The molecule has 1 fully saturated rings. The van der Waals surface area contributed by atoms with E-state index in [1.54, 1.807) is 38.5 Å². The van der Waals surface area contributed by atoms with Crippen molar-refractivity contribution in [2.45, 2.75) is 19.4 Å². The summed E-state index contributed by atoms with van der Waals surface area (Å²) in [5.74, 6) is 0.889. The van der Waals surface area contributed by atoms with E-state index in [1.807, 2.05) is 24.3 Å². The molecule has 2 aromatic rings. The van der Waals surface area contributed by atoms with Crippen LogP contribution in [-0.2, 0) is 16.1 Å².